The van der Waals surface area contributed by atoms with Crippen LogP contribution in [0.15, 0.2) is 47.1 Å². The van der Waals surface area contributed by atoms with Gasteiger partial charge in [0.2, 0.25) is 0 Å². The van der Waals surface area contributed by atoms with Gasteiger partial charge in [-0.15, -0.1) is 0 Å². The predicted molar refractivity (Wildman–Crippen MR) is 150 cm³/mol. The number of ketones is 1. The van der Waals surface area contributed by atoms with Crippen LogP contribution in [0, 0.1) is 28.6 Å². The average Bonchev–Trinajstić information content (AvgIpc) is 3.20. The Kier molecular flexibility index (Phi) is 7.68. The van der Waals surface area contributed by atoms with Crippen LogP contribution in [0.5, 0.6) is 0 Å². The molecule has 7 atom stereocenters. The Balaban J connectivity index is 1.20. The molecule has 3 fully saturated rings. The molecule has 216 valence electrons. The molecule has 1 amide bonds. The molecular formula is C32H42N2O6. The van der Waals surface area contributed by atoms with Crippen molar-refractivity contribution in [3.8, 4) is 0 Å². The molecule has 5 rings (SSSR count). The number of aliphatic carboxylic acids is 1. The highest BCUT2D eigenvalue weighted by molar-refractivity contribution is 5.96. The summed E-state index contributed by atoms with van der Waals surface area (Å²) in [4.78, 5) is 41.9. The number of Topliss-reactive ketones (excluding diaryl/α,β-unsaturated/α-hetero) is 1. The van der Waals surface area contributed by atoms with Crippen LogP contribution in [0.4, 0.5) is 0 Å². The van der Waals surface area contributed by atoms with Crippen LogP contribution in [0.2, 0.25) is 0 Å². The zero-order valence-electron chi connectivity index (χ0n) is 23.8. The zero-order chi connectivity index (χ0) is 28.7. The second-order valence-corrected chi connectivity index (χ2v) is 12.9. The Morgan fingerprint density at radius 3 is 2.48 bits per heavy atom. The smallest absolute Gasteiger partial charge is 0.326 e. The monoisotopic (exact) mass is 550 g/mol. The predicted octanol–water partition coefficient (Wildman–Crippen LogP) is 4.45. The Morgan fingerprint density at radius 1 is 1.05 bits per heavy atom. The van der Waals surface area contributed by atoms with Crippen LogP contribution >= 0.6 is 0 Å². The Labute approximate surface area is 236 Å². The summed E-state index contributed by atoms with van der Waals surface area (Å²) in [6, 6.07) is 8.14. The number of carboxylic acids is 1. The largest absolute Gasteiger partial charge is 0.480 e. The number of nitrogens with zero attached hydrogens (tertiary/aromatic N) is 1. The van der Waals surface area contributed by atoms with Gasteiger partial charge in [0.05, 0.1) is 5.71 Å². The number of oxime groups is 1. The van der Waals surface area contributed by atoms with Crippen molar-refractivity contribution < 1.29 is 29.4 Å². The summed E-state index contributed by atoms with van der Waals surface area (Å²) in [6.07, 6.45) is 9.42. The molecular weight excluding hydrogens is 508 g/mol. The molecule has 0 radical (unpaired) electrons. The molecule has 0 bridgehead atoms. The third-order valence-electron chi connectivity index (χ3n) is 11.0. The summed E-state index contributed by atoms with van der Waals surface area (Å²) in [5.74, 6) is -0.306. The molecule has 4 aliphatic carbocycles. The molecule has 0 heterocycles. The van der Waals surface area contributed by atoms with E-state index in [4.69, 9.17) is 4.84 Å². The normalized spacial score (nSPS) is 36.5. The molecule has 1 aromatic carbocycles. The summed E-state index contributed by atoms with van der Waals surface area (Å²) in [7, 11) is 0. The highest BCUT2D eigenvalue weighted by Crippen LogP contribution is 2.67. The first-order chi connectivity index (χ1) is 19.0. The van der Waals surface area contributed by atoms with Gasteiger partial charge in [0, 0.05) is 11.8 Å². The minimum atomic E-state index is -1.19. The molecule has 3 N–H and O–H groups in total. The van der Waals surface area contributed by atoms with Gasteiger partial charge in [0.15, 0.2) is 12.4 Å². The first kappa shape index (κ1) is 28.5. The van der Waals surface area contributed by atoms with E-state index in [-0.39, 0.29) is 29.6 Å². The topological polar surface area (TPSA) is 125 Å². The van der Waals surface area contributed by atoms with Gasteiger partial charge < -0.3 is 20.4 Å². The van der Waals surface area contributed by atoms with Crippen LogP contribution in [0.25, 0.3) is 0 Å². The number of hydrogen-bond donors (Lipinski definition) is 3. The first-order valence-electron chi connectivity index (χ1n) is 14.7. The highest BCUT2D eigenvalue weighted by atomic mass is 16.6. The number of carbonyl (C=O) groups excluding carboxylic acids is 2. The Morgan fingerprint density at radius 2 is 1.77 bits per heavy atom. The van der Waals surface area contributed by atoms with Crippen LogP contribution < -0.4 is 5.32 Å². The number of rotatable bonds is 8. The number of benzene rings is 1. The third kappa shape index (κ3) is 4.89. The number of allylic oxidation sites excluding steroid dienone is 2. The lowest BCUT2D eigenvalue weighted by Gasteiger charge is -2.59. The van der Waals surface area contributed by atoms with Crippen molar-refractivity contribution in [2.24, 2.45) is 33.7 Å². The van der Waals surface area contributed by atoms with E-state index in [9.17, 15) is 24.6 Å². The number of fused-ring (bicyclic) bond motifs is 5. The van der Waals surface area contributed by atoms with E-state index in [1.165, 1.54) is 5.57 Å². The summed E-state index contributed by atoms with van der Waals surface area (Å²) < 4.78 is 0. The van der Waals surface area contributed by atoms with Crippen LogP contribution in [0.1, 0.15) is 77.7 Å². The molecule has 0 aliphatic heterocycles. The van der Waals surface area contributed by atoms with Gasteiger partial charge in [-0.1, -0.05) is 54.9 Å². The van der Waals surface area contributed by atoms with E-state index >= 15 is 0 Å². The molecule has 4 aliphatic rings. The molecule has 40 heavy (non-hydrogen) atoms. The first-order valence-corrected chi connectivity index (χ1v) is 14.7. The van der Waals surface area contributed by atoms with Gasteiger partial charge >= 0.3 is 5.97 Å². The summed E-state index contributed by atoms with van der Waals surface area (Å²) in [5.41, 5.74) is 1.54. The van der Waals surface area contributed by atoms with Crippen LogP contribution in [-0.4, -0.2) is 51.8 Å². The van der Waals surface area contributed by atoms with Crippen molar-refractivity contribution in [1.82, 2.24) is 5.32 Å². The van der Waals surface area contributed by atoms with E-state index in [2.05, 4.69) is 30.4 Å². The molecule has 3 saturated carbocycles. The van der Waals surface area contributed by atoms with Crippen molar-refractivity contribution in [2.45, 2.75) is 90.2 Å². The summed E-state index contributed by atoms with van der Waals surface area (Å²) in [6.45, 7) is 5.72. The molecule has 0 saturated heterocycles. The fourth-order valence-corrected chi connectivity index (χ4v) is 8.70. The quantitative estimate of drug-likeness (QED) is 0.411. The van der Waals surface area contributed by atoms with Gasteiger partial charge in [0.1, 0.15) is 11.6 Å². The SMILES string of the molecule is CC(=O)[C@@]1(O)CC[C@H]2[C@@H]3CCC4=C/C(=N\OCC(=O)N[C@@H](Cc5ccccc5)C(=O)O)CC[C@]4(C)[C@H]3CC[C@@]21C. The standard InChI is InChI=1S/C32H42N2O6/c1-20(35)32(39)16-13-26-24-10-9-22-18-23(11-14-30(22,2)25(24)12-15-31(26,32)3)34-40-19-28(36)33-27(29(37)38)17-21-7-5-4-6-8-21/h4-8,18,24-27,39H,9-17,19H2,1-3H3,(H,33,36)(H,37,38)/b34-23-/t24-,25+,26+,27+,30+,31+,32+/m1/s1. The number of nitrogens with one attached hydrogen (secondary N) is 1. The second-order valence-electron chi connectivity index (χ2n) is 12.9. The number of carbonyl (C=O) groups is 3. The van der Waals surface area contributed by atoms with E-state index < -0.39 is 23.5 Å². The van der Waals surface area contributed by atoms with Crippen molar-refractivity contribution in [2.75, 3.05) is 6.61 Å². The fraction of sp³-hybridized carbons (Fsp3) is 0.625. The second kappa shape index (κ2) is 10.8. The molecule has 0 unspecified atom stereocenters. The molecule has 0 spiro atoms. The summed E-state index contributed by atoms with van der Waals surface area (Å²) in [5, 5.41) is 27.7. The molecule has 8 heteroatoms. The van der Waals surface area contributed by atoms with Gasteiger partial charge in [0.25, 0.3) is 5.91 Å². The van der Waals surface area contributed by atoms with Crippen LogP contribution in [0.3, 0.4) is 0 Å². The van der Waals surface area contributed by atoms with E-state index in [0.29, 0.717) is 24.2 Å². The van der Waals surface area contributed by atoms with Crippen LogP contribution in [-0.2, 0) is 25.6 Å². The number of amides is 1. The van der Waals surface area contributed by atoms with E-state index in [0.717, 1.165) is 56.2 Å². The average molecular weight is 551 g/mol. The van der Waals surface area contributed by atoms with Gasteiger partial charge in [-0.2, -0.15) is 0 Å². The maximum absolute atomic E-state index is 12.5. The van der Waals surface area contributed by atoms with Crippen molar-refractivity contribution >= 4 is 23.4 Å². The lowest BCUT2D eigenvalue weighted by atomic mass is 9.46. The van der Waals surface area contributed by atoms with Crippen molar-refractivity contribution in [3.63, 3.8) is 0 Å². The summed E-state index contributed by atoms with van der Waals surface area (Å²) >= 11 is 0. The van der Waals surface area contributed by atoms with Crippen molar-refractivity contribution in [3.05, 3.63) is 47.5 Å². The Bertz CT molecular complexity index is 1230. The zero-order valence-corrected chi connectivity index (χ0v) is 23.8. The lowest BCUT2D eigenvalue weighted by molar-refractivity contribution is -0.159. The van der Waals surface area contributed by atoms with Gasteiger partial charge in [-0.3, -0.25) is 9.59 Å². The van der Waals surface area contributed by atoms with E-state index in [1.807, 2.05) is 30.3 Å². The Hall–Kier alpha value is -3.00. The van der Waals surface area contributed by atoms with Crippen molar-refractivity contribution in [1.29, 1.82) is 0 Å². The third-order valence-corrected chi connectivity index (χ3v) is 11.0. The lowest BCUT2D eigenvalue weighted by Crippen LogP contribution is -2.57. The van der Waals surface area contributed by atoms with E-state index in [1.54, 1.807) is 6.92 Å². The minimum Gasteiger partial charge on any atom is -0.480 e. The van der Waals surface area contributed by atoms with Gasteiger partial charge in [-0.25, -0.2) is 4.79 Å². The molecule has 8 nitrogen and oxygen atoms in total. The minimum absolute atomic E-state index is 0.0592. The highest BCUT2D eigenvalue weighted by Gasteiger charge is 2.65. The molecule has 1 aromatic rings. The van der Waals surface area contributed by atoms with Gasteiger partial charge in [-0.05, 0) is 93.1 Å². The maximum atomic E-state index is 12.5. The number of hydrogen-bond acceptors (Lipinski definition) is 6. The fourth-order valence-electron chi connectivity index (χ4n) is 8.70. The number of carboxylic acid groups (broad SMARTS) is 1. The maximum Gasteiger partial charge on any atom is 0.326 e. The molecule has 0 aromatic heterocycles. The number of aliphatic hydroxyl groups is 1.